The van der Waals surface area contributed by atoms with E-state index in [1.54, 1.807) is 12.1 Å². The van der Waals surface area contributed by atoms with E-state index in [0.717, 1.165) is 16.9 Å². The number of carbonyl (C=O) groups excluding carboxylic acids is 2. The van der Waals surface area contributed by atoms with Crippen LogP contribution in [0.1, 0.15) is 10.4 Å². The number of ether oxygens (including phenoxy) is 1. The molecule has 3 aromatic rings. The highest BCUT2D eigenvalue weighted by Crippen LogP contribution is 2.19. The van der Waals surface area contributed by atoms with Crippen molar-refractivity contribution in [2.45, 2.75) is 0 Å². The van der Waals surface area contributed by atoms with Crippen LogP contribution in [0.15, 0.2) is 84.9 Å². The maximum absolute atomic E-state index is 12.2. The summed E-state index contributed by atoms with van der Waals surface area (Å²) in [6, 6.07) is 26.6. The van der Waals surface area contributed by atoms with Gasteiger partial charge in [0.1, 0.15) is 12.4 Å². The van der Waals surface area contributed by atoms with Gasteiger partial charge in [0.2, 0.25) is 5.91 Å². The summed E-state index contributed by atoms with van der Waals surface area (Å²) >= 11 is 0. The van der Waals surface area contributed by atoms with Gasteiger partial charge in [0.05, 0.1) is 13.1 Å². The second kappa shape index (κ2) is 9.92. The number of benzene rings is 3. The first kappa shape index (κ1) is 19.2. The van der Waals surface area contributed by atoms with E-state index < -0.39 is 0 Å². The third-order valence-corrected chi connectivity index (χ3v) is 4.10. The lowest BCUT2D eigenvalue weighted by atomic mass is 10.0. The smallest absolute Gasteiger partial charge is 0.251 e. The van der Waals surface area contributed by atoms with E-state index in [1.807, 2.05) is 72.8 Å². The van der Waals surface area contributed by atoms with Crippen molar-refractivity contribution in [3.05, 3.63) is 90.5 Å². The van der Waals surface area contributed by atoms with E-state index in [4.69, 9.17) is 4.74 Å². The van der Waals surface area contributed by atoms with Crippen LogP contribution in [0.3, 0.4) is 0 Å². The fraction of sp³-hybridized carbons (Fsp3) is 0.130. The second-order valence-corrected chi connectivity index (χ2v) is 6.14. The quantitative estimate of drug-likeness (QED) is 0.595. The number of nitrogens with one attached hydrogen (secondary N) is 2. The highest BCUT2D eigenvalue weighted by Gasteiger charge is 2.08. The Labute approximate surface area is 164 Å². The summed E-state index contributed by atoms with van der Waals surface area (Å²) in [5.41, 5.74) is 2.64. The van der Waals surface area contributed by atoms with E-state index in [-0.39, 0.29) is 18.4 Å². The third-order valence-electron chi connectivity index (χ3n) is 4.10. The summed E-state index contributed by atoms with van der Waals surface area (Å²) in [7, 11) is 0. The van der Waals surface area contributed by atoms with Crippen LogP contribution in [0.25, 0.3) is 11.1 Å². The lowest BCUT2D eigenvalue weighted by Gasteiger charge is -2.09. The molecule has 28 heavy (non-hydrogen) atoms. The monoisotopic (exact) mass is 374 g/mol. The van der Waals surface area contributed by atoms with Crippen molar-refractivity contribution >= 4 is 11.8 Å². The van der Waals surface area contributed by atoms with Crippen molar-refractivity contribution in [3.63, 3.8) is 0 Å². The summed E-state index contributed by atoms with van der Waals surface area (Å²) in [6.07, 6.45) is 0. The Hall–Kier alpha value is -3.60. The van der Waals surface area contributed by atoms with Gasteiger partial charge >= 0.3 is 0 Å². The maximum atomic E-state index is 12.2. The van der Waals surface area contributed by atoms with Gasteiger partial charge in [0.15, 0.2) is 0 Å². The van der Waals surface area contributed by atoms with Crippen LogP contribution < -0.4 is 15.4 Å². The predicted octanol–water partition coefficient (Wildman–Crippen LogP) is 3.28. The molecule has 2 N–H and O–H groups in total. The molecule has 3 aromatic carbocycles. The van der Waals surface area contributed by atoms with E-state index in [9.17, 15) is 9.59 Å². The summed E-state index contributed by atoms with van der Waals surface area (Å²) in [6.45, 7) is 0.657. The summed E-state index contributed by atoms with van der Waals surface area (Å²) in [5.74, 6) is 0.213. The second-order valence-electron chi connectivity index (χ2n) is 6.14. The minimum atomic E-state index is -0.282. The lowest BCUT2D eigenvalue weighted by Crippen LogP contribution is -2.38. The number of carbonyl (C=O) groups is 2. The van der Waals surface area contributed by atoms with Gasteiger partial charge in [-0.25, -0.2) is 0 Å². The van der Waals surface area contributed by atoms with E-state index in [0.29, 0.717) is 18.7 Å². The summed E-state index contributed by atoms with van der Waals surface area (Å²) < 4.78 is 5.50. The molecular formula is C23H22N2O3. The summed E-state index contributed by atoms with van der Waals surface area (Å²) in [4.78, 5) is 24.0. The molecular weight excluding hydrogens is 352 g/mol. The van der Waals surface area contributed by atoms with Gasteiger partial charge in [-0.1, -0.05) is 60.7 Å². The molecule has 5 nitrogen and oxygen atoms in total. The first-order valence-electron chi connectivity index (χ1n) is 9.10. The Morgan fingerprint density at radius 1 is 0.714 bits per heavy atom. The van der Waals surface area contributed by atoms with E-state index in [2.05, 4.69) is 10.6 Å². The van der Waals surface area contributed by atoms with Gasteiger partial charge in [-0.3, -0.25) is 9.59 Å². The molecule has 0 heterocycles. The van der Waals surface area contributed by atoms with Crippen molar-refractivity contribution < 1.29 is 14.3 Å². The molecule has 0 aromatic heterocycles. The molecule has 0 bridgehead atoms. The average molecular weight is 374 g/mol. The standard InChI is InChI=1S/C23H22N2O3/c26-22(24-15-16-28-21-9-5-2-6-10-21)17-25-23(27)20-13-11-19(12-14-20)18-7-3-1-4-8-18/h1-14H,15-17H2,(H,24,26)(H,25,27). The molecule has 0 spiro atoms. The number of hydrogen-bond acceptors (Lipinski definition) is 3. The van der Waals surface area contributed by atoms with Gasteiger partial charge in [0.25, 0.3) is 5.91 Å². The van der Waals surface area contributed by atoms with Crippen LogP contribution in [0, 0.1) is 0 Å². The maximum Gasteiger partial charge on any atom is 0.251 e. The molecule has 0 atom stereocenters. The highest BCUT2D eigenvalue weighted by molar-refractivity contribution is 5.96. The molecule has 2 amide bonds. The van der Waals surface area contributed by atoms with Crippen LogP contribution in [0.4, 0.5) is 0 Å². The normalized spacial score (nSPS) is 10.1. The van der Waals surface area contributed by atoms with Crippen molar-refractivity contribution in [2.75, 3.05) is 19.7 Å². The van der Waals surface area contributed by atoms with Crippen molar-refractivity contribution in [1.82, 2.24) is 10.6 Å². The first-order valence-corrected chi connectivity index (χ1v) is 9.10. The van der Waals surface area contributed by atoms with Crippen LogP contribution >= 0.6 is 0 Å². The Morgan fingerprint density at radius 2 is 1.32 bits per heavy atom. The van der Waals surface area contributed by atoms with Gasteiger partial charge in [-0.15, -0.1) is 0 Å². The minimum absolute atomic E-state index is 0.0788. The zero-order valence-electron chi connectivity index (χ0n) is 15.4. The lowest BCUT2D eigenvalue weighted by molar-refractivity contribution is -0.120. The van der Waals surface area contributed by atoms with Crippen LogP contribution in [0.5, 0.6) is 5.75 Å². The molecule has 0 unspecified atom stereocenters. The molecule has 0 radical (unpaired) electrons. The molecule has 0 aliphatic heterocycles. The van der Waals surface area contributed by atoms with Gasteiger partial charge in [0, 0.05) is 5.56 Å². The Bertz CT molecular complexity index is 894. The average Bonchev–Trinajstić information content (AvgIpc) is 2.76. The molecule has 5 heteroatoms. The van der Waals surface area contributed by atoms with Gasteiger partial charge < -0.3 is 15.4 Å². The Kier molecular flexibility index (Phi) is 6.79. The molecule has 0 saturated carbocycles. The van der Waals surface area contributed by atoms with E-state index >= 15 is 0 Å². The fourth-order valence-electron chi connectivity index (χ4n) is 2.65. The van der Waals surface area contributed by atoms with Crippen molar-refractivity contribution in [3.8, 4) is 16.9 Å². The molecule has 0 fully saturated rings. The predicted molar refractivity (Wildman–Crippen MR) is 109 cm³/mol. The number of amides is 2. The van der Waals surface area contributed by atoms with Crippen molar-refractivity contribution in [2.24, 2.45) is 0 Å². The zero-order valence-corrected chi connectivity index (χ0v) is 15.4. The molecule has 3 rings (SSSR count). The molecule has 142 valence electrons. The highest BCUT2D eigenvalue weighted by atomic mass is 16.5. The summed E-state index contributed by atoms with van der Waals surface area (Å²) in [5, 5.41) is 5.34. The number of hydrogen-bond donors (Lipinski definition) is 2. The molecule has 0 aliphatic rings. The SMILES string of the molecule is O=C(CNC(=O)c1ccc(-c2ccccc2)cc1)NCCOc1ccccc1. The van der Waals surface area contributed by atoms with Crippen LogP contribution in [0.2, 0.25) is 0 Å². The number of rotatable bonds is 8. The van der Waals surface area contributed by atoms with Gasteiger partial charge in [-0.2, -0.15) is 0 Å². The zero-order chi connectivity index (χ0) is 19.6. The van der Waals surface area contributed by atoms with Crippen LogP contribution in [-0.4, -0.2) is 31.5 Å². The molecule has 0 saturated heterocycles. The largest absolute Gasteiger partial charge is 0.492 e. The van der Waals surface area contributed by atoms with Crippen molar-refractivity contribution in [1.29, 1.82) is 0 Å². The van der Waals surface area contributed by atoms with Gasteiger partial charge in [-0.05, 0) is 35.4 Å². The minimum Gasteiger partial charge on any atom is -0.492 e. The topological polar surface area (TPSA) is 67.4 Å². The first-order chi connectivity index (χ1) is 13.7. The Balaban J connectivity index is 1.39. The van der Waals surface area contributed by atoms with Crippen LogP contribution in [-0.2, 0) is 4.79 Å². The Morgan fingerprint density at radius 3 is 2.00 bits per heavy atom. The molecule has 0 aliphatic carbocycles. The number of para-hydroxylation sites is 1. The van der Waals surface area contributed by atoms with E-state index in [1.165, 1.54) is 0 Å². The third kappa shape index (κ3) is 5.71. The fourth-order valence-corrected chi connectivity index (χ4v) is 2.65.